The molecule has 0 aliphatic heterocycles. The third-order valence-electron chi connectivity index (χ3n) is 2.18. The number of amides is 1. The fourth-order valence-corrected chi connectivity index (χ4v) is 1.97. The monoisotopic (exact) mass is 325 g/mol. The molecule has 0 saturated heterocycles. The summed E-state index contributed by atoms with van der Waals surface area (Å²) in [5.74, 6) is -0.301. The maximum atomic E-state index is 11.8. The summed E-state index contributed by atoms with van der Waals surface area (Å²) in [5.41, 5.74) is 1.20. The Morgan fingerprint density at radius 1 is 1.39 bits per heavy atom. The highest BCUT2D eigenvalue weighted by atomic mass is 79.9. The van der Waals surface area contributed by atoms with Gasteiger partial charge < -0.3 is 5.32 Å². The lowest BCUT2D eigenvalue weighted by Crippen LogP contribution is -2.24. The van der Waals surface area contributed by atoms with E-state index in [0.29, 0.717) is 6.54 Å². The Morgan fingerprint density at radius 2 is 2.22 bits per heavy atom. The Morgan fingerprint density at radius 3 is 2.94 bits per heavy atom. The van der Waals surface area contributed by atoms with Crippen LogP contribution in [0.5, 0.6) is 0 Å². The average Bonchev–Trinajstić information content (AvgIpc) is 2.36. The molecule has 0 aliphatic carbocycles. The van der Waals surface area contributed by atoms with Crippen molar-refractivity contribution in [2.75, 3.05) is 0 Å². The number of hydrogen-bond acceptors (Lipinski definition) is 3. The van der Waals surface area contributed by atoms with Gasteiger partial charge in [-0.1, -0.05) is 39.7 Å². The molecule has 0 saturated carbocycles. The highest BCUT2D eigenvalue weighted by molar-refractivity contribution is 9.10. The highest BCUT2D eigenvalue weighted by Gasteiger charge is 2.07. The number of hydrogen-bond donors (Lipinski definition) is 1. The van der Waals surface area contributed by atoms with Gasteiger partial charge in [-0.2, -0.15) is 0 Å². The molecule has 1 aromatic carbocycles. The van der Waals surface area contributed by atoms with Crippen LogP contribution in [0.1, 0.15) is 16.1 Å². The fraction of sp³-hybridized carbons (Fsp3) is 0.0833. The lowest BCUT2D eigenvalue weighted by Gasteiger charge is -2.05. The number of nitrogens with zero attached hydrogens (tertiary/aromatic N) is 2. The summed E-state index contributed by atoms with van der Waals surface area (Å²) in [5, 5.41) is 2.95. The molecule has 6 heteroatoms. The predicted molar refractivity (Wildman–Crippen MR) is 72.4 cm³/mol. The Labute approximate surface area is 118 Å². The first kappa shape index (κ1) is 13.0. The minimum absolute atomic E-state index is 0.199. The Kier molecular flexibility index (Phi) is 4.28. The molecule has 92 valence electrons. The van der Waals surface area contributed by atoms with Crippen LogP contribution in [0.2, 0.25) is 5.15 Å². The van der Waals surface area contributed by atoms with Crippen LogP contribution in [-0.4, -0.2) is 15.9 Å². The van der Waals surface area contributed by atoms with Gasteiger partial charge in [-0.05, 0) is 17.7 Å². The number of halogens is 2. The molecule has 0 fully saturated rings. The molecule has 1 heterocycles. The average molecular weight is 327 g/mol. The van der Waals surface area contributed by atoms with E-state index in [4.69, 9.17) is 11.6 Å². The van der Waals surface area contributed by atoms with E-state index >= 15 is 0 Å². The van der Waals surface area contributed by atoms with Crippen molar-refractivity contribution in [3.8, 4) is 0 Å². The molecule has 0 unspecified atom stereocenters. The molecule has 0 bridgehead atoms. The smallest absolute Gasteiger partial charge is 0.271 e. The van der Waals surface area contributed by atoms with Crippen LogP contribution in [0.15, 0.2) is 41.1 Å². The summed E-state index contributed by atoms with van der Waals surface area (Å²) >= 11 is 9.04. The molecule has 2 rings (SSSR count). The van der Waals surface area contributed by atoms with E-state index in [-0.39, 0.29) is 16.8 Å². The van der Waals surface area contributed by atoms with Crippen molar-refractivity contribution in [3.05, 3.63) is 57.5 Å². The Bertz CT molecular complexity index is 577. The lowest BCUT2D eigenvalue weighted by molar-refractivity contribution is 0.0945. The number of nitrogens with one attached hydrogen (secondary N) is 1. The number of carbonyl (C=O) groups is 1. The van der Waals surface area contributed by atoms with Crippen LogP contribution in [0.4, 0.5) is 0 Å². The molecule has 2 aromatic rings. The van der Waals surface area contributed by atoms with Gasteiger partial charge in [0.1, 0.15) is 10.8 Å². The number of carbonyl (C=O) groups excluding carboxylic acids is 1. The van der Waals surface area contributed by atoms with Gasteiger partial charge in [-0.3, -0.25) is 9.78 Å². The topological polar surface area (TPSA) is 54.9 Å². The molecule has 4 nitrogen and oxygen atoms in total. The van der Waals surface area contributed by atoms with E-state index in [1.54, 1.807) is 0 Å². The predicted octanol–water partition coefficient (Wildman–Crippen LogP) is 2.82. The first-order valence-corrected chi connectivity index (χ1v) is 6.32. The van der Waals surface area contributed by atoms with Crippen molar-refractivity contribution in [2.24, 2.45) is 0 Å². The van der Waals surface area contributed by atoms with E-state index in [1.807, 2.05) is 24.3 Å². The maximum Gasteiger partial charge on any atom is 0.271 e. The van der Waals surface area contributed by atoms with Gasteiger partial charge in [-0.25, -0.2) is 4.98 Å². The molecule has 0 atom stereocenters. The van der Waals surface area contributed by atoms with Crippen LogP contribution < -0.4 is 5.32 Å². The lowest BCUT2D eigenvalue weighted by atomic mass is 10.2. The fourth-order valence-electron chi connectivity index (χ4n) is 1.37. The van der Waals surface area contributed by atoms with Gasteiger partial charge >= 0.3 is 0 Å². The third kappa shape index (κ3) is 3.51. The van der Waals surface area contributed by atoms with Gasteiger partial charge in [0.15, 0.2) is 0 Å². The standard InChI is InChI=1S/C12H9BrClN3O/c13-9-3-1-2-8(4-9)5-16-12(18)10-6-15-7-11(14)17-10/h1-4,6-7H,5H2,(H,16,18). The molecule has 1 N–H and O–H groups in total. The summed E-state index contributed by atoms with van der Waals surface area (Å²) in [6.07, 6.45) is 2.76. The molecular weight excluding hydrogens is 318 g/mol. The Hall–Kier alpha value is -1.46. The van der Waals surface area contributed by atoms with Gasteiger partial charge in [0.25, 0.3) is 5.91 Å². The van der Waals surface area contributed by atoms with E-state index in [9.17, 15) is 4.79 Å². The first-order chi connectivity index (χ1) is 8.65. The van der Waals surface area contributed by atoms with Gasteiger partial charge in [0.05, 0.1) is 12.4 Å². The summed E-state index contributed by atoms with van der Waals surface area (Å²) in [6, 6.07) is 7.69. The second-order valence-corrected chi connectivity index (χ2v) is 4.84. The minimum Gasteiger partial charge on any atom is -0.347 e. The van der Waals surface area contributed by atoms with Gasteiger partial charge in [0, 0.05) is 11.0 Å². The number of benzene rings is 1. The largest absolute Gasteiger partial charge is 0.347 e. The zero-order chi connectivity index (χ0) is 13.0. The zero-order valence-electron chi connectivity index (χ0n) is 9.23. The maximum absolute atomic E-state index is 11.8. The summed E-state index contributed by atoms with van der Waals surface area (Å²) in [7, 11) is 0. The normalized spacial score (nSPS) is 10.1. The summed E-state index contributed by atoms with van der Waals surface area (Å²) in [4.78, 5) is 19.5. The molecule has 1 aromatic heterocycles. The van der Waals surface area contributed by atoms with Crippen molar-refractivity contribution in [1.82, 2.24) is 15.3 Å². The molecule has 0 aliphatic rings. The quantitative estimate of drug-likeness (QED) is 0.943. The number of rotatable bonds is 3. The molecular formula is C12H9BrClN3O. The third-order valence-corrected chi connectivity index (χ3v) is 2.86. The summed E-state index contributed by atoms with van der Waals surface area (Å²) < 4.78 is 0.969. The molecule has 18 heavy (non-hydrogen) atoms. The van der Waals surface area contributed by atoms with E-state index in [0.717, 1.165) is 10.0 Å². The van der Waals surface area contributed by atoms with Crippen LogP contribution in [-0.2, 0) is 6.54 Å². The van der Waals surface area contributed by atoms with E-state index in [1.165, 1.54) is 12.4 Å². The highest BCUT2D eigenvalue weighted by Crippen LogP contribution is 2.11. The SMILES string of the molecule is O=C(NCc1cccc(Br)c1)c1cncc(Cl)n1. The Balaban J connectivity index is 2.00. The van der Waals surface area contributed by atoms with Crippen LogP contribution in [0, 0.1) is 0 Å². The first-order valence-electron chi connectivity index (χ1n) is 5.15. The van der Waals surface area contributed by atoms with Crippen LogP contribution >= 0.6 is 27.5 Å². The van der Waals surface area contributed by atoms with Gasteiger partial charge in [-0.15, -0.1) is 0 Å². The van der Waals surface area contributed by atoms with Crippen LogP contribution in [0.25, 0.3) is 0 Å². The molecule has 1 amide bonds. The minimum atomic E-state index is -0.301. The zero-order valence-corrected chi connectivity index (χ0v) is 11.6. The molecule has 0 radical (unpaired) electrons. The van der Waals surface area contributed by atoms with Gasteiger partial charge in [0.2, 0.25) is 0 Å². The molecule has 0 spiro atoms. The number of aromatic nitrogens is 2. The van der Waals surface area contributed by atoms with Crippen molar-refractivity contribution >= 4 is 33.4 Å². The van der Waals surface area contributed by atoms with E-state index < -0.39 is 0 Å². The second-order valence-electron chi connectivity index (χ2n) is 3.54. The summed E-state index contributed by atoms with van der Waals surface area (Å²) in [6.45, 7) is 0.423. The second kappa shape index (κ2) is 5.93. The van der Waals surface area contributed by atoms with Crippen molar-refractivity contribution in [1.29, 1.82) is 0 Å². The van der Waals surface area contributed by atoms with Crippen molar-refractivity contribution < 1.29 is 4.79 Å². The van der Waals surface area contributed by atoms with Crippen molar-refractivity contribution in [2.45, 2.75) is 6.54 Å². The van der Waals surface area contributed by atoms with E-state index in [2.05, 4.69) is 31.2 Å². The van der Waals surface area contributed by atoms with Crippen LogP contribution in [0.3, 0.4) is 0 Å². The van der Waals surface area contributed by atoms with Crippen molar-refractivity contribution in [3.63, 3.8) is 0 Å².